The number of benzene rings is 9. The first-order valence-electron chi connectivity index (χ1n) is 32.1. The van der Waals surface area contributed by atoms with Gasteiger partial charge in [0.15, 0.2) is 0 Å². The van der Waals surface area contributed by atoms with E-state index in [0.717, 1.165) is 10.6 Å². The van der Waals surface area contributed by atoms with Crippen molar-refractivity contribution in [3.05, 3.63) is 206 Å². The first-order chi connectivity index (χ1) is 40.8. The molecule has 0 radical (unpaired) electrons. The van der Waals surface area contributed by atoms with Crippen molar-refractivity contribution in [1.29, 1.82) is 0 Å². The molecule has 3 aromatic heterocycles. The number of nitrogens with zero attached hydrogens (tertiary/aromatic N) is 2. The summed E-state index contributed by atoms with van der Waals surface area (Å²) in [6.07, 6.45) is 0. The average Bonchev–Trinajstić information content (AvgIpc) is 1.56. The van der Waals surface area contributed by atoms with Gasteiger partial charge in [0.2, 0.25) is 0 Å². The van der Waals surface area contributed by atoms with Gasteiger partial charge in [-0.3, -0.25) is 0 Å². The van der Waals surface area contributed by atoms with E-state index in [-0.39, 0.29) is 39.2 Å². The van der Waals surface area contributed by atoms with Gasteiger partial charge < -0.3 is 13.6 Å². The van der Waals surface area contributed by atoms with E-state index in [1.807, 2.05) is 0 Å². The zero-order chi connectivity index (χ0) is 63.6. The van der Waals surface area contributed by atoms with Gasteiger partial charge in [-0.15, -0.1) is 0 Å². The Morgan fingerprint density at radius 1 is 0.368 bits per heavy atom. The van der Waals surface area contributed by atoms with Crippen molar-refractivity contribution in [3.8, 4) is 44.8 Å². The molecule has 0 aliphatic carbocycles. The Labute approximate surface area is 371 Å². The van der Waals surface area contributed by atoms with E-state index in [1.54, 1.807) is 0 Å². The largest absolute Gasteiger partial charge is 0.456 e. The Balaban J connectivity index is 1.29. The van der Waals surface area contributed by atoms with Crippen LogP contribution in [0.15, 0.2) is 210 Å². The van der Waals surface area contributed by atoms with Gasteiger partial charge in [0.05, 0.1) is 74.3 Å². The molecule has 12 aromatic rings. The van der Waals surface area contributed by atoms with Crippen molar-refractivity contribution in [2.75, 3.05) is 0 Å². The first kappa shape index (κ1) is 14.1. The molecule has 266 valence electrons. The molecule has 0 unspecified atom stereocenters. The number of hydrogen-bond acceptors (Lipinski definition) is 1. The molecule has 3 heteroatoms. The van der Waals surface area contributed by atoms with Gasteiger partial charge >= 0.3 is 0 Å². The van der Waals surface area contributed by atoms with E-state index >= 15 is 0 Å². The summed E-state index contributed by atoms with van der Waals surface area (Å²) < 4.78 is 281. The van der Waals surface area contributed by atoms with E-state index in [4.69, 9.17) is 27.7 Å². The molecule has 0 saturated carbocycles. The lowest BCUT2D eigenvalue weighted by molar-refractivity contribution is 0.669. The molecule has 0 aliphatic rings. The summed E-state index contributed by atoms with van der Waals surface area (Å²) in [7, 11) is 0. The first-order valence-corrected chi connectivity index (χ1v) is 17.1. The summed E-state index contributed by atoms with van der Waals surface area (Å²) >= 11 is 0. The molecule has 3 heterocycles. The Morgan fingerprint density at radius 3 is 1.67 bits per heavy atom. The Bertz CT molecular complexity index is 5230. The van der Waals surface area contributed by atoms with E-state index in [1.165, 1.54) is 18.2 Å². The second-order valence-electron chi connectivity index (χ2n) is 12.6. The molecule has 0 bridgehead atoms. The third-order valence-corrected chi connectivity index (χ3v) is 9.50. The van der Waals surface area contributed by atoms with Crippen LogP contribution in [0.2, 0.25) is 0 Å². The highest BCUT2D eigenvalue weighted by Crippen LogP contribution is 2.44. The number of furan rings is 1. The van der Waals surface area contributed by atoms with Crippen molar-refractivity contribution in [3.63, 3.8) is 0 Å². The van der Waals surface area contributed by atoms with Crippen molar-refractivity contribution in [2.45, 2.75) is 0 Å². The zero-order valence-electron chi connectivity index (χ0n) is 58.6. The molecule has 0 fully saturated rings. The van der Waals surface area contributed by atoms with Gasteiger partial charge in [-0.05, 0) is 94.3 Å². The van der Waals surface area contributed by atoms with Crippen LogP contribution in [0.4, 0.5) is 0 Å². The van der Waals surface area contributed by atoms with Gasteiger partial charge in [-0.25, -0.2) is 0 Å². The van der Waals surface area contributed by atoms with Crippen LogP contribution >= 0.6 is 0 Å². The predicted octanol–water partition coefficient (Wildman–Crippen LogP) is 14.8. The highest BCUT2D eigenvalue weighted by atomic mass is 16.3. The van der Waals surface area contributed by atoms with Crippen molar-refractivity contribution < 1.29 is 45.5 Å². The highest BCUT2D eigenvalue weighted by molar-refractivity contribution is 6.17. The van der Waals surface area contributed by atoms with Crippen LogP contribution < -0.4 is 0 Å². The minimum atomic E-state index is -1.09. The van der Waals surface area contributed by atoms with Crippen LogP contribution in [0.1, 0.15) is 41.1 Å². The van der Waals surface area contributed by atoms with Crippen LogP contribution in [0.3, 0.4) is 0 Å². The summed E-state index contributed by atoms with van der Waals surface area (Å²) in [4.78, 5) is 0. The Hall–Kier alpha value is -7.62. The minimum Gasteiger partial charge on any atom is -0.456 e. The number of aromatic nitrogens is 2. The lowest BCUT2D eigenvalue weighted by atomic mass is 9.99. The van der Waals surface area contributed by atoms with E-state index < -0.39 is 252 Å². The van der Waals surface area contributed by atoms with Crippen LogP contribution in [-0.4, -0.2) is 9.13 Å². The fraction of sp³-hybridized carbons (Fsp3) is 0. The summed E-state index contributed by atoms with van der Waals surface area (Å²) in [5.41, 5.74) is -8.49. The normalized spacial score (nSPS) is 19.2. The Kier molecular flexibility index (Phi) is 3.09. The van der Waals surface area contributed by atoms with Gasteiger partial charge in [-0.2, -0.15) is 0 Å². The predicted molar refractivity (Wildman–Crippen MR) is 239 cm³/mol. The molecule has 0 saturated heterocycles. The summed E-state index contributed by atoms with van der Waals surface area (Å²) in [5, 5.41) is -2.57. The maximum absolute atomic E-state index is 10.2. The fourth-order valence-corrected chi connectivity index (χ4v) is 7.14. The zero-order valence-corrected chi connectivity index (χ0v) is 28.6. The molecule has 0 N–H and O–H groups in total. The van der Waals surface area contributed by atoms with Crippen LogP contribution in [0.25, 0.3) is 110 Å². The maximum atomic E-state index is 10.2. The summed E-state index contributed by atoms with van der Waals surface area (Å²) in [5.74, 6) is 0. The van der Waals surface area contributed by atoms with Gasteiger partial charge in [0.1, 0.15) is 11.2 Å². The number of rotatable bonds is 5. The highest BCUT2D eigenvalue weighted by Gasteiger charge is 2.22. The van der Waals surface area contributed by atoms with Gasteiger partial charge in [0, 0.05) is 38.2 Å². The lowest BCUT2D eigenvalue weighted by Crippen LogP contribution is -1.98. The molecule has 12 rings (SSSR count). The molecule has 0 atom stereocenters. The summed E-state index contributed by atoms with van der Waals surface area (Å²) in [6, 6.07) is -21.5. The maximum Gasteiger partial charge on any atom is 0.137 e. The SMILES string of the molecule is [2H]c1c([2H])c([2H])c(-c2cc([2H])c3oc4c([2H])cccc4c3c2-n2c3c([2H])c([2H])c([2H])c([2H])c3c3c([2H])c(-c4c([2H])c([2H])c5c(c4[2H])c4c([2H])c([2H])c([2H])c([2H])c4n5-c4c([2H])c([2H])c([2H])c(-c5c([2H])c([2H])c([2H])c([2H])c5[2H])c4[2H])c([2H])c([2H])c32)c([2H])c1[2H]. The van der Waals surface area contributed by atoms with Crippen molar-refractivity contribution in [1.82, 2.24) is 9.13 Å². The molecule has 0 aliphatic heterocycles. The summed E-state index contributed by atoms with van der Waals surface area (Å²) in [6.45, 7) is 0. The molecular weight excluding hydrogens is 693 g/mol. The minimum absolute atomic E-state index is 0.0486. The third kappa shape index (κ3) is 4.86. The monoisotopic (exact) mass is 756 g/mol. The molecule has 57 heavy (non-hydrogen) atoms. The molecule has 0 amide bonds. The standard InChI is InChI=1S/C54H34N2O/c1-3-14-35(15-4-1)37-18-13-19-40(32-37)55-47-23-10-7-20-42(47)45-33-38(26-29-49(45)55)39-27-30-50-46(34-39)43-21-8-11-24-48(43)56(50)54-41(36-16-5-2-6-17-36)28-31-52-53(54)44-22-9-12-25-51(44)57-52/h1-34H/i1D,2D,3D,4D,5D,6D,7D,8D,10D,11D,13D,14D,15D,16D,17D,18D,19D,20D,21D,23D,24D,25D,26D,27D,29D,30D,31D,32D,33D,34D. The molecule has 9 aromatic carbocycles. The van der Waals surface area contributed by atoms with Crippen molar-refractivity contribution in [2.24, 2.45) is 0 Å². The molecule has 0 spiro atoms. The fourth-order valence-electron chi connectivity index (χ4n) is 7.14. The van der Waals surface area contributed by atoms with E-state index in [2.05, 4.69) is 0 Å². The van der Waals surface area contributed by atoms with Crippen LogP contribution in [0.5, 0.6) is 0 Å². The van der Waals surface area contributed by atoms with E-state index in [9.17, 15) is 17.8 Å². The van der Waals surface area contributed by atoms with Gasteiger partial charge in [0.25, 0.3) is 0 Å². The lowest BCUT2D eigenvalue weighted by Gasteiger charge is -2.16. The smallest absolute Gasteiger partial charge is 0.137 e. The Morgan fingerprint density at radius 2 is 0.947 bits per heavy atom. The van der Waals surface area contributed by atoms with Crippen molar-refractivity contribution >= 4 is 65.6 Å². The molecular formula is C54H34N2O. The third-order valence-electron chi connectivity index (χ3n) is 9.50. The second kappa shape index (κ2) is 12.5. The topological polar surface area (TPSA) is 23.0 Å². The number of fused-ring (bicyclic) bond motifs is 9. The van der Waals surface area contributed by atoms with E-state index in [0.29, 0.717) is 4.57 Å². The quantitative estimate of drug-likeness (QED) is 0.171. The molecule has 3 nitrogen and oxygen atoms in total. The van der Waals surface area contributed by atoms with Crippen LogP contribution in [-0.2, 0) is 0 Å². The van der Waals surface area contributed by atoms with Crippen LogP contribution in [0, 0.1) is 0 Å². The number of para-hydroxylation sites is 3. The average molecular weight is 757 g/mol. The van der Waals surface area contributed by atoms with Gasteiger partial charge in [-0.1, -0.05) is 139 Å². The number of hydrogen-bond donors (Lipinski definition) is 0. The second-order valence-corrected chi connectivity index (χ2v) is 12.6.